The number of nitrogens with one attached hydrogen (secondary N) is 1. The zero-order chi connectivity index (χ0) is 24.1. The third kappa shape index (κ3) is 4.21. The second-order valence-electron chi connectivity index (χ2n) is 11.0. The van der Waals surface area contributed by atoms with Crippen LogP contribution in [0.3, 0.4) is 0 Å². The first-order valence-corrected chi connectivity index (χ1v) is 13.0. The van der Waals surface area contributed by atoms with Crippen molar-refractivity contribution in [3.63, 3.8) is 0 Å². The van der Waals surface area contributed by atoms with Crippen LogP contribution in [0.5, 0.6) is 5.75 Å². The summed E-state index contributed by atoms with van der Waals surface area (Å²) in [5.41, 5.74) is 1.00. The fourth-order valence-electron chi connectivity index (χ4n) is 7.34. The second kappa shape index (κ2) is 8.95. The number of carbonyl (C=O) groups excluding carboxylic acids is 1. The van der Waals surface area contributed by atoms with Gasteiger partial charge in [0.25, 0.3) is 5.91 Å². The summed E-state index contributed by atoms with van der Waals surface area (Å²) in [5.74, 6) is 3.71. The molecule has 2 aromatic rings. The average molecular weight is 480 g/mol. The van der Waals surface area contributed by atoms with E-state index in [9.17, 15) is 9.18 Å². The Morgan fingerprint density at radius 2 is 1.83 bits per heavy atom. The smallest absolute Gasteiger partial charge is 0.270 e. The predicted octanol–water partition coefficient (Wildman–Crippen LogP) is 3.89. The molecule has 5 aliphatic rings. The monoisotopic (exact) mass is 479 g/mol. The largest absolute Gasteiger partial charge is 0.497 e. The third-order valence-corrected chi connectivity index (χ3v) is 8.78. The summed E-state index contributed by atoms with van der Waals surface area (Å²) in [4.78, 5) is 26.5. The Morgan fingerprint density at radius 1 is 1.09 bits per heavy atom. The van der Waals surface area contributed by atoms with E-state index in [4.69, 9.17) is 4.74 Å². The van der Waals surface area contributed by atoms with Crippen LogP contribution in [-0.4, -0.2) is 54.7 Å². The lowest BCUT2D eigenvalue weighted by Crippen LogP contribution is -2.56. The highest BCUT2D eigenvalue weighted by Crippen LogP contribution is 2.53. The van der Waals surface area contributed by atoms with E-state index in [-0.39, 0.29) is 23.8 Å². The summed E-state index contributed by atoms with van der Waals surface area (Å²) < 4.78 is 19.7. The number of halogens is 1. The van der Waals surface area contributed by atoms with Gasteiger partial charge in [0.2, 0.25) is 5.95 Å². The molecule has 1 saturated heterocycles. The Balaban J connectivity index is 1.13. The Bertz CT molecular complexity index is 1080. The number of methoxy groups -OCH3 is 1. The van der Waals surface area contributed by atoms with E-state index in [1.807, 2.05) is 4.90 Å². The molecule has 5 fully saturated rings. The van der Waals surface area contributed by atoms with Crippen LogP contribution in [0.25, 0.3) is 0 Å². The molecule has 0 radical (unpaired) electrons. The van der Waals surface area contributed by atoms with Crippen LogP contribution < -0.4 is 19.9 Å². The number of rotatable bonds is 5. The van der Waals surface area contributed by atoms with Gasteiger partial charge in [0.05, 0.1) is 12.8 Å². The molecule has 4 saturated carbocycles. The van der Waals surface area contributed by atoms with Crippen molar-refractivity contribution in [3.8, 4) is 5.75 Å². The summed E-state index contributed by atoms with van der Waals surface area (Å²) in [6.07, 6.45) is 8.15. The molecule has 1 atom stereocenters. The van der Waals surface area contributed by atoms with Crippen LogP contribution in [0.4, 0.5) is 16.0 Å². The maximum absolute atomic E-state index is 14.6. The van der Waals surface area contributed by atoms with Gasteiger partial charge in [-0.2, -0.15) is 0 Å². The van der Waals surface area contributed by atoms with E-state index in [1.165, 1.54) is 45.3 Å². The lowest BCUT2D eigenvalue weighted by atomic mass is 9.54. The quantitative estimate of drug-likeness (QED) is 0.702. The molecule has 2 heterocycles. The molecule has 1 aliphatic heterocycles. The van der Waals surface area contributed by atoms with Crippen molar-refractivity contribution in [2.24, 2.45) is 23.7 Å². The molecule has 0 spiro atoms. The standard InChI is InChI=1S/C27H34FN5O2/c1-16-15-32(24-4-3-21(35-2)14-22(24)28)7-8-33(16)27-29-6-5-23(30-27)26(34)31-25-19-10-17-9-18(12-19)13-20(25)11-17/h3-6,14,16-20,25H,7-13,15H2,1-2H3,(H,31,34). The number of ether oxygens (including phenoxy) is 1. The number of carbonyl (C=O) groups is 1. The maximum Gasteiger partial charge on any atom is 0.270 e. The normalized spacial score (nSPS) is 31.5. The van der Waals surface area contributed by atoms with Crippen LogP contribution in [-0.2, 0) is 0 Å². The zero-order valence-corrected chi connectivity index (χ0v) is 20.5. The van der Waals surface area contributed by atoms with E-state index in [2.05, 4.69) is 27.1 Å². The van der Waals surface area contributed by atoms with E-state index in [0.717, 1.165) is 11.8 Å². The first kappa shape index (κ1) is 22.6. The average Bonchev–Trinajstić information content (AvgIpc) is 2.85. The number of benzene rings is 1. The van der Waals surface area contributed by atoms with Crippen LogP contribution in [0.2, 0.25) is 0 Å². The zero-order valence-electron chi connectivity index (χ0n) is 20.5. The molecule has 7 rings (SSSR count). The summed E-state index contributed by atoms with van der Waals surface area (Å²) >= 11 is 0. The van der Waals surface area contributed by atoms with E-state index >= 15 is 0 Å². The lowest BCUT2D eigenvalue weighted by molar-refractivity contribution is -0.0120. The fourth-order valence-corrected chi connectivity index (χ4v) is 7.34. The van der Waals surface area contributed by atoms with E-state index in [0.29, 0.717) is 54.5 Å². The minimum Gasteiger partial charge on any atom is -0.497 e. The Morgan fingerprint density at radius 3 is 2.49 bits per heavy atom. The van der Waals surface area contributed by atoms with Gasteiger partial charge in [0.1, 0.15) is 17.3 Å². The van der Waals surface area contributed by atoms with Gasteiger partial charge in [0.15, 0.2) is 0 Å². The number of hydrogen-bond acceptors (Lipinski definition) is 6. The Hall–Kier alpha value is -2.90. The number of anilines is 2. The number of aromatic nitrogens is 2. The molecule has 35 heavy (non-hydrogen) atoms. The van der Waals surface area contributed by atoms with Crippen molar-refractivity contribution >= 4 is 17.5 Å². The van der Waals surface area contributed by atoms with Crippen molar-refractivity contribution in [1.82, 2.24) is 15.3 Å². The van der Waals surface area contributed by atoms with Crippen LogP contribution in [0.15, 0.2) is 30.5 Å². The second-order valence-corrected chi connectivity index (χ2v) is 11.0. The topological polar surface area (TPSA) is 70.6 Å². The van der Waals surface area contributed by atoms with Gasteiger partial charge in [-0.05, 0) is 80.9 Å². The first-order valence-electron chi connectivity index (χ1n) is 13.0. The highest BCUT2D eigenvalue weighted by Gasteiger charge is 2.48. The van der Waals surface area contributed by atoms with Crippen LogP contribution in [0.1, 0.15) is 49.5 Å². The van der Waals surface area contributed by atoms with Gasteiger partial charge in [0, 0.05) is 44.0 Å². The molecule has 4 bridgehead atoms. The summed E-state index contributed by atoms with van der Waals surface area (Å²) in [5, 5.41) is 3.36. The minimum atomic E-state index is -0.287. The molecule has 1 unspecified atom stereocenters. The number of piperazine rings is 1. The number of amides is 1. The van der Waals surface area contributed by atoms with E-state index in [1.54, 1.807) is 24.4 Å². The van der Waals surface area contributed by atoms with Crippen molar-refractivity contribution in [3.05, 3.63) is 42.0 Å². The van der Waals surface area contributed by atoms with Crippen molar-refractivity contribution in [2.75, 3.05) is 36.5 Å². The molecule has 7 nitrogen and oxygen atoms in total. The van der Waals surface area contributed by atoms with Gasteiger partial charge < -0.3 is 19.9 Å². The SMILES string of the molecule is COc1ccc(N2CCN(c3nccc(C(=O)NC4C5CC6CC(C5)CC4C6)n3)C(C)C2)c(F)c1. The fraction of sp³-hybridized carbons (Fsp3) is 0.593. The molecular formula is C27H34FN5O2. The van der Waals surface area contributed by atoms with Crippen LogP contribution in [0, 0.1) is 29.5 Å². The summed E-state index contributed by atoms with van der Waals surface area (Å²) in [7, 11) is 1.53. The maximum atomic E-state index is 14.6. The van der Waals surface area contributed by atoms with Crippen molar-refractivity contribution < 1.29 is 13.9 Å². The highest BCUT2D eigenvalue weighted by molar-refractivity contribution is 5.92. The molecule has 1 aromatic heterocycles. The van der Waals surface area contributed by atoms with Gasteiger partial charge >= 0.3 is 0 Å². The van der Waals surface area contributed by atoms with Crippen LogP contribution >= 0.6 is 0 Å². The van der Waals surface area contributed by atoms with Gasteiger partial charge in [-0.3, -0.25) is 4.79 Å². The number of nitrogens with zero attached hydrogens (tertiary/aromatic N) is 4. The number of hydrogen-bond donors (Lipinski definition) is 1. The van der Waals surface area contributed by atoms with Gasteiger partial charge in [-0.25, -0.2) is 14.4 Å². The van der Waals surface area contributed by atoms with Crippen molar-refractivity contribution in [1.29, 1.82) is 0 Å². The lowest BCUT2D eigenvalue weighted by Gasteiger charge is -2.54. The Labute approximate surface area is 206 Å². The third-order valence-electron chi connectivity index (χ3n) is 8.78. The molecule has 1 amide bonds. The van der Waals surface area contributed by atoms with Gasteiger partial charge in [-0.15, -0.1) is 0 Å². The molecule has 8 heteroatoms. The first-order chi connectivity index (χ1) is 17.0. The molecular weight excluding hydrogens is 445 g/mol. The molecule has 4 aliphatic carbocycles. The molecule has 186 valence electrons. The highest BCUT2D eigenvalue weighted by atomic mass is 19.1. The Kier molecular flexibility index (Phi) is 5.77. The van der Waals surface area contributed by atoms with Gasteiger partial charge in [-0.1, -0.05) is 0 Å². The molecule has 1 aromatic carbocycles. The summed E-state index contributed by atoms with van der Waals surface area (Å²) in [6, 6.07) is 7.03. The summed E-state index contributed by atoms with van der Waals surface area (Å²) in [6.45, 7) is 4.00. The van der Waals surface area contributed by atoms with Crippen molar-refractivity contribution in [2.45, 2.75) is 51.1 Å². The molecule has 1 N–H and O–H groups in total. The predicted molar refractivity (Wildman–Crippen MR) is 132 cm³/mol. The minimum absolute atomic E-state index is 0.0630. The van der Waals surface area contributed by atoms with E-state index < -0.39 is 0 Å².